The van der Waals surface area contributed by atoms with E-state index in [1.54, 1.807) is 0 Å². The zero-order valence-electron chi connectivity index (χ0n) is 10.00. The second-order valence-electron chi connectivity index (χ2n) is 4.21. The number of nitrogen functional groups attached to an aromatic ring is 1. The van der Waals surface area contributed by atoms with Gasteiger partial charge in [0.1, 0.15) is 0 Å². The third-order valence-corrected chi connectivity index (χ3v) is 3.28. The number of rotatable bonds is 3. The Morgan fingerprint density at radius 2 is 2.18 bits per heavy atom. The molecule has 2 rings (SSSR count). The molecule has 17 heavy (non-hydrogen) atoms. The van der Waals surface area contributed by atoms with E-state index in [-0.39, 0.29) is 0 Å². The summed E-state index contributed by atoms with van der Waals surface area (Å²) in [4.78, 5) is 4.66. The minimum Gasteiger partial charge on any atom is -0.322 e. The summed E-state index contributed by atoms with van der Waals surface area (Å²) in [7, 11) is 0. The molecule has 0 saturated carbocycles. The molecule has 1 unspecified atom stereocenters. The second kappa shape index (κ2) is 4.90. The molecule has 0 fully saturated rings. The Morgan fingerprint density at radius 1 is 1.41 bits per heavy atom. The number of hydrogen-bond donors (Lipinski definition) is 2. The van der Waals surface area contributed by atoms with E-state index in [2.05, 4.69) is 24.3 Å². The van der Waals surface area contributed by atoms with Crippen molar-refractivity contribution in [2.24, 2.45) is 5.84 Å². The summed E-state index contributed by atoms with van der Waals surface area (Å²) in [6.07, 6.45) is 1.03. The molecular formula is C13H16ClN3. The van der Waals surface area contributed by atoms with E-state index in [0.717, 1.165) is 28.7 Å². The van der Waals surface area contributed by atoms with Crippen LogP contribution < -0.4 is 11.3 Å². The molecule has 1 aromatic carbocycles. The molecule has 1 heterocycles. The van der Waals surface area contributed by atoms with Crippen LogP contribution >= 0.6 is 11.6 Å². The van der Waals surface area contributed by atoms with Crippen molar-refractivity contribution < 1.29 is 0 Å². The van der Waals surface area contributed by atoms with Gasteiger partial charge in [-0.3, -0.25) is 10.8 Å². The molecule has 0 aliphatic rings. The zero-order valence-corrected chi connectivity index (χ0v) is 10.8. The summed E-state index contributed by atoms with van der Waals surface area (Å²) in [5.41, 5.74) is 5.54. The smallest absolute Gasteiger partial charge is 0.0710 e. The Balaban J connectivity index is 2.64. The number of hydrogen-bond acceptors (Lipinski definition) is 3. The second-order valence-corrected chi connectivity index (χ2v) is 4.65. The van der Waals surface area contributed by atoms with Crippen LogP contribution in [0.4, 0.5) is 5.69 Å². The lowest BCUT2D eigenvalue weighted by Gasteiger charge is -2.14. The van der Waals surface area contributed by atoms with Gasteiger partial charge >= 0.3 is 0 Å². The quantitative estimate of drug-likeness (QED) is 0.644. The number of nitrogens with two attached hydrogens (primary N) is 1. The number of fused-ring (bicyclic) bond motifs is 1. The van der Waals surface area contributed by atoms with Crippen molar-refractivity contribution in [2.45, 2.75) is 26.2 Å². The largest absolute Gasteiger partial charge is 0.322 e. The fourth-order valence-corrected chi connectivity index (χ4v) is 2.03. The Morgan fingerprint density at radius 3 is 2.82 bits per heavy atom. The average Bonchev–Trinajstić information content (AvgIpc) is 2.36. The van der Waals surface area contributed by atoms with Crippen LogP contribution in [-0.2, 0) is 0 Å². The number of halogens is 1. The first-order chi connectivity index (χ1) is 8.15. The number of aromatic nitrogens is 1. The van der Waals surface area contributed by atoms with Crippen molar-refractivity contribution in [2.75, 3.05) is 5.43 Å². The third-order valence-electron chi connectivity index (χ3n) is 3.04. The lowest BCUT2D eigenvalue weighted by molar-refractivity contribution is 0.713. The minimum atomic E-state index is 0.376. The van der Waals surface area contributed by atoms with Crippen molar-refractivity contribution in [1.29, 1.82) is 0 Å². The highest BCUT2D eigenvalue weighted by Gasteiger charge is 2.12. The van der Waals surface area contributed by atoms with E-state index in [0.29, 0.717) is 10.9 Å². The fourth-order valence-electron chi connectivity index (χ4n) is 1.85. The van der Waals surface area contributed by atoms with Crippen LogP contribution in [0.3, 0.4) is 0 Å². The van der Waals surface area contributed by atoms with E-state index in [1.165, 1.54) is 0 Å². The first kappa shape index (κ1) is 12.1. The highest BCUT2D eigenvalue weighted by molar-refractivity contribution is 6.31. The predicted octanol–water partition coefficient (Wildman–Crippen LogP) is 3.69. The minimum absolute atomic E-state index is 0.376. The van der Waals surface area contributed by atoms with Crippen molar-refractivity contribution in [3.05, 3.63) is 35.0 Å². The van der Waals surface area contributed by atoms with Gasteiger partial charge in [0.05, 0.1) is 16.9 Å². The first-order valence-electron chi connectivity index (χ1n) is 5.72. The molecule has 0 aliphatic heterocycles. The standard InChI is InChI=1S/C13H16ClN3/c1-3-8(2)13-12(17-15)7-9-6-10(14)4-5-11(9)16-13/h4-8,17H,3,15H2,1-2H3. The van der Waals surface area contributed by atoms with Crippen LogP contribution in [0.15, 0.2) is 24.3 Å². The van der Waals surface area contributed by atoms with Crippen molar-refractivity contribution >= 4 is 28.2 Å². The van der Waals surface area contributed by atoms with Crippen LogP contribution in [0.25, 0.3) is 10.9 Å². The molecule has 2 aromatic rings. The van der Waals surface area contributed by atoms with Crippen LogP contribution in [0.5, 0.6) is 0 Å². The molecule has 1 atom stereocenters. The predicted molar refractivity (Wildman–Crippen MR) is 73.3 cm³/mol. The number of anilines is 1. The summed E-state index contributed by atoms with van der Waals surface area (Å²) in [6, 6.07) is 7.68. The number of nitrogens with one attached hydrogen (secondary N) is 1. The normalized spacial score (nSPS) is 12.7. The molecule has 0 radical (unpaired) electrons. The van der Waals surface area contributed by atoms with E-state index < -0.39 is 0 Å². The molecule has 3 nitrogen and oxygen atoms in total. The van der Waals surface area contributed by atoms with Crippen molar-refractivity contribution in [3.63, 3.8) is 0 Å². The first-order valence-corrected chi connectivity index (χ1v) is 6.10. The summed E-state index contributed by atoms with van der Waals surface area (Å²) in [6.45, 7) is 4.28. The Hall–Kier alpha value is -1.32. The Labute approximate surface area is 106 Å². The van der Waals surface area contributed by atoms with E-state index in [9.17, 15) is 0 Å². The van der Waals surface area contributed by atoms with Crippen LogP contribution in [0.1, 0.15) is 31.9 Å². The van der Waals surface area contributed by atoms with Gasteiger partial charge in [0.25, 0.3) is 0 Å². The van der Waals surface area contributed by atoms with Gasteiger partial charge in [-0.15, -0.1) is 0 Å². The molecule has 1 aromatic heterocycles. The number of nitrogens with zero attached hydrogens (tertiary/aromatic N) is 1. The lowest BCUT2D eigenvalue weighted by Crippen LogP contribution is -2.11. The highest BCUT2D eigenvalue weighted by Crippen LogP contribution is 2.29. The zero-order chi connectivity index (χ0) is 12.4. The summed E-state index contributed by atoms with van der Waals surface area (Å²) < 4.78 is 0. The van der Waals surface area contributed by atoms with Gasteiger partial charge in [-0.1, -0.05) is 25.4 Å². The summed E-state index contributed by atoms with van der Waals surface area (Å²) in [5, 5.41) is 1.70. The molecular weight excluding hydrogens is 234 g/mol. The van der Waals surface area contributed by atoms with Crippen molar-refractivity contribution in [1.82, 2.24) is 4.98 Å². The Kier molecular flexibility index (Phi) is 3.50. The lowest BCUT2D eigenvalue weighted by atomic mass is 10.0. The average molecular weight is 250 g/mol. The summed E-state index contributed by atoms with van der Waals surface area (Å²) in [5.74, 6) is 5.93. The number of benzene rings is 1. The summed E-state index contributed by atoms with van der Waals surface area (Å²) >= 11 is 5.96. The number of pyridine rings is 1. The maximum Gasteiger partial charge on any atom is 0.0710 e. The topological polar surface area (TPSA) is 50.9 Å². The van der Waals surface area contributed by atoms with Gasteiger partial charge in [0, 0.05) is 16.3 Å². The molecule has 0 saturated heterocycles. The van der Waals surface area contributed by atoms with Crippen molar-refractivity contribution in [3.8, 4) is 0 Å². The molecule has 90 valence electrons. The van der Waals surface area contributed by atoms with Gasteiger partial charge < -0.3 is 5.43 Å². The maximum atomic E-state index is 5.96. The molecule has 0 bridgehead atoms. The van der Waals surface area contributed by atoms with E-state index in [4.69, 9.17) is 17.4 Å². The monoisotopic (exact) mass is 249 g/mol. The molecule has 0 amide bonds. The Bertz CT molecular complexity index is 539. The van der Waals surface area contributed by atoms with Gasteiger partial charge in [0.15, 0.2) is 0 Å². The van der Waals surface area contributed by atoms with E-state index in [1.807, 2.05) is 24.3 Å². The van der Waals surface area contributed by atoms with E-state index >= 15 is 0 Å². The maximum absolute atomic E-state index is 5.96. The van der Waals surface area contributed by atoms with Crippen LogP contribution in [0.2, 0.25) is 5.02 Å². The van der Waals surface area contributed by atoms with Crippen LogP contribution in [0, 0.1) is 0 Å². The fraction of sp³-hybridized carbons (Fsp3) is 0.308. The van der Waals surface area contributed by atoms with Gasteiger partial charge in [0.2, 0.25) is 0 Å². The SMILES string of the molecule is CCC(C)c1nc2ccc(Cl)cc2cc1NN. The van der Waals surface area contributed by atoms with Gasteiger partial charge in [-0.05, 0) is 30.7 Å². The molecule has 0 spiro atoms. The van der Waals surface area contributed by atoms with Gasteiger partial charge in [-0.2, -0.15) is 0 Å². The third kappa shape index (κ3) is 2.35. The highest BCUT2D eigenvalue weighted by atomic mass is 35.5. The molecule has 4 heteroatoms. The molecule has 3 N–H and O–H groups in total. The molecule has 0 aliphatic carbocycles. The van der Waals surface area contributed by atoms with Crippen LogP contribution in [-0.4, -0.2) is 4.98 Å². The van der Waals surface area contributed by atoms with Gasteiger partial charge in [-0.25, -0.2) is 0 Å². The number of hydrazine groups is 1.